The van der Waals surface area contributed by atoms with Crippen molar-refractivity contribution >= 4 is 0 Å². The van der Waals surface area contributed by atoms with Crippen LogP contribution in [0.15, 0.2) is 0 Å². The zero-order valence-corrected chi connectivity index (χ0v) is 20.4. The average Bonchev–Trinajstić information content (AvgIpc) is 2.76. The molecule has 0 radical (unpaired) electrons. The fourth-order valence-electron chi connectivity index (χ4n) is 8.62. The molecule has 6 fully saturated rings. The van der Waals surface area contributed by atoms with Gasteiger partial charge in [-0.3, -0.25) is 5.32 Å². The Labute approximate surface area is 205 Å². The van der Waals surface area contributed by atoms with Crippen molar-refractivity contribution in [3.63, 3.8) is 0 Å². The van der Waals surface area contributed by atoms with Crippen molar-refractivity contribution in [1.82, 2.24) is 5.32 Å². The van der Waals surface area contributed by atoms with Crippen LogP contribution in [0, 0.1) is 16.7 Å². The summed E-state index contributed by atoms with van der Waals surface area (Å²) in [6, 6.07) is 0. The molecule has 6 unspecified atom stereocenters. The highest BCUT2D eigenvalue weighted by Gasteiger charge is 2.61. The Morgan fingerprint density at radius 3 is 1.94 bits per heavy atom. The summed E-state index contributed by atoms with van der Waals surface area (Å²) in [5.74, 6) is 0.607. The number of hydrogen-bond acceptors (Lipinski definition) is 11. The lowest BCUT2D eigenvalue weighted by Crippen LogP contribution is -2.71. The highest BCUT2D eigenvalue weighted by atomic mass is 16.7. The van der Waals surface area contributed by atoms with E-state index in [1.54, 1.807) is 0 Å². The first-order valence-corrected chi connectivity index (χ1v) is 12.8. The van der Waals surface area contributed by atoms with Gasteiger partial charge in [-0.1, -0.05) is 13.8 Å². The van der Waals surface area contributed by atoms with E-state index in [-0.39, 0.29) is 16.4 Å². The van der Waals surface area contributed by atoms with Gasteiger partial charge in [-0.15, -0.1) is 0 Å². The van der Waals surface area contributed by atoms with Crippen LogP contribution in [0.5, 0.6) is 0 Å². The maximum Gasteiger partial charge on any atom is 0.187 e. The minimum Gasteiger partial charge on any atom is -0.394 e. The first-order valence-electron chi connectivity index (χ1n) is 12.8. The van der Waals surface area contributed by atoms with E-state index in [1.165, 1.54) is 19.3 Å². The number of aliphatic hydroxyl groups is 7. The van der Waals surface area contributed by atoms with Gasteiger partial charge >= 0.3 is 0 Å². The molecule has 35 heavy (non-hydrogen) atoms. The largest absolute Gasteiger partial charge is 0.394 e. The maximum atomic E-state index is 11.0. The Kier molecular flexibility index (Phi) is 6.80. The molecule has 0 amide bonds. The molecule has 202 valence electrons. The molecule has 0 aromatic heterocycles. The molecule has 12 atom stereocenters. The van der Waals surface area contributed by atoms with E-state index in [0.29, 0.717) is 5.92 Å². The molecule has 0 aromatic rings. The Balaban J connectivity index is 1.30. The van der Waals surface area contributed by atoms with Crippen LogP contribution >= 0.6 is 0 Å². The summed E-state index contributed by atoms with van der Waals surface area (Å²) in [5.41, 5.74) is 0.230. The van der Waals surface area contributed by atoms with Crippen LogP contribution in [0.3, 0.4) is 0 Å². The molecule has 8 N–H and O–H groups in total. The van der Waals surface area contributed by atoms with Gasteiger partial charge in [0, 0.05) is 5.54 Å². The van der Waals surface area contributed by atoms with Crippen LogP contribution in [0.2, 0.25) is 0 Å². The monoisotopic (exact) mass is 503 g/mol. The Hall–Kier alpha value is -0.440. The molecular weight excluding hydrogens is 462 g/mol. The summed E-state index contributed by atoms with van der Waals surface area (Å²) in [7, 11) is 0. The standard InChI is InChI=1S/C24H41NO10/c1-22-3-11-4-23(2,8-22)10-24(5-11,9-22)25-20-17(31)16(30)19(13(7-27)33-20)35-21-18(32)15(29)14(28)12(6-26)34-21/h11-21,25-32H,3-10H2,1-2H3/t11?,12?,13?,14-,15-,16+,17?,18?,19+,20+,21-,22?,23?,24?/m0/s1. The first-order chi connectivity index (χ1) is 16.4. The highest BCUT2D eigenvalue weighted by molar-refractivity contribution is 5.15. The molecule has 2 aliphatic heterocycles. The van der Waals surface area contributed by atoms with Gasteiger partial charge in [0.1, 0.15) is 55.1 Å². The molecule has 4 saturated carbocycles. The molecule has 0 aromatic carbocycles. The van der Waals surface area contributed by atoms with E-state index >= 15 is 0 Å². The fraction of sp³-hybridized carbons (Fsp3) is 1.00. The predicted octanol–water partition coefficient (Wildman–Crippen LogP) is -2.05. The van der Waals surface area contributed by atoms with Crippen molar-refractivity contribution in [3.05, 3.63) is 0 Å². The number of rotatable bonds is 6. The summed E-state index contributed by atoms with van der Waals surface area (Å²) in [4.78, 5) is 0. The van der Waals surface area contributed by atoms with Crippen molar-refractivity contribution in [1.29, 1.82) is 0 Å². The van der Waals surface area contributed by atoms with Gasteiger partial charge in [0.15, 0.2) is 6.29 Å². The van der Waals surface area contributed by atoms with Gasteiger partial charge in [-0.05, 0) is 55.3 Å². The van der Waals surface area contributed by atoms with Crippen molar-refractivity contribution in [2.75, 3.05) is 13.2 Å². The smallest absolute Gasteiger partial charge is 0.187 e. The van der Waals surface area contributed by atoms with Crippen molar-refractivity contribution in [3.8, 4) is 0 Å². The van der Waals surface area contributed by atoms with Crippen LogP contribution in [-0.4, -0.2) is 116 Å². The van der Waals surface area contributed by atoms with Gasteiger partial charge < -0.3 is 50.0 Å². The normalized spacial score (nSPS) is 58.0. The number of nitrogens with one attached hydrogen (secondary N) is 1. The molecule has 6 rings (SSSR count). The second kappa shape index (κ2) is 9.09. The van der Waals surface area contributed by atoms with Crippen molar-refractivity contribution in [2.24, 2.45) is 16.7 Å². The topological polar surface area (TPSA) is 181 Å². The van der Waals surface area contributed by atoms with Crippen LogP contribution in [0.25, 0.3) is 0 Å². The predicted molar refractivity (Wildman–Crippen MR) is 120 cm³/mol. The number of aliphatic hydroxyl groups excluding tert-OH is 7. The third-order valence-electron chi connectivity index (χ3n) is 9.08. The summed E-state index contributed by atoms with van der Waals surface area (Å²) < 4.78 is 17.1. The SMILES string of the molecule is CC12CC3CC(C)(C1)CC(N[C@@H]1OC(CO)[C@@H](O[C@@H]4OC(CO)[C@H](O)[C@H](O)C4O)[C@H](O)C1O)(C3)C2. The van der Waals surface area contributed by atoms with E-state index in [2.05, 4.69) is 19.2 Å². The quantitative estimate of drug-likeness (QED) is 0.200. The van der Waals surface area contributed by atoms with E-state index in [9.17, 15) is 35.7 Å². The second-order valence-electron chi connectivity index (χ2n) is 12.6. The summed E-state index contributed by atoms with van der Waals surface area (Å²) in [5, 5.41) is 75.3. The van der Waals surface area contributed by atoms with Gasteiger partial charge in [0.2, 0.25) is 0 Å². The summed E-state index contributed by atoms with van der Waals surface area (Å²) in [6.45, 7) is 3.50. The zero-order valence-electron chi connectivity index (χ0n) is 20.4. The van der Waals surface area contributed by atoms with Crippen LogP contribution < -0.4 is 5.32 Å². The molecule has 4 aliphatic carbocycles. The molecule has 6 aliphatic rings. The molecule has 4 bridgehead atoms. The third kappa shape index (κ3) is 4.57. The van der Waals surface area contributed by atoms with Gasteiger partial charge in [0.25, 0.3) is 0 Å². The van der Waals surface area contributed by atoms with E-state index in [1.807, 2.05) is 0 Å². The minimum atomic E-state index is -1.68. The number of ether oxygens (including phenoxy) is 3. The Morgan fingerprint density at radius 1 is 0.743 bits per heavy atom. The zero-order chi connectivity index (χ0) is 25.3. The lowest BCUT2D eigenvalue weighted by atomic mass is 9.42. The lowest BCUT2D eigenvalue weighted by Gasteiger charge is -2.66. The van der Waals surface area contributed by atoms with Crippen molar-refractivity contribution in [2.45, 2.75) is 119 Å². The first kappa shape index (κ1) is 26.2. The van der Waals surface area contributed by atoms with Crippen LogP contribution in [0.4, 0.5) is 0 Å². The Morgan fingerprint density at radius 2 is 1.37 bits per heavy atom. The average molecular weight is 504 g/mol. The van der Waals surface area contributed by atoms with Gasteiger partial charge in [-0.2, -0.15) is 0 Å². The van der Waals surface area contributed by atoms with E-state index in [0.717, 1.165) is 19.3 Å². The van der Waals surface area contributed by atoms with Crippen LogP contribution in [0.1, 0.15) is 52.4 Å². The maximum absolute atomic E-state index is 11.0. The molecular formula is C24H41NO10. The van der Waals surface area contributed by atoms with E-state index < -0.39 is 74.6 Å². The molecule has 2 heterocycles. The second-order valence-corrected chi connectivity index (χ2v) is 12.6. The summed E-state index contributed by atoms with van der Waals surface area (Å²) >= 11 is 0. The molecule has 2 saturated heterocycles. The highest BCUT2D eigenvalue weighted by Crippen LogP contribution is 2.66. The molecule has 11 nitrogen and oxygen atoms in total. The lowest BCUT2D eigenvalue weighted by molar-refractivity contribution is -0.344. The van der Waals surface area contributed by atoms with Crippen molar-refractivity contribution < 1.29 is 50.0 Å². The Bertz CT molecular complexity index is 763. The third-order valence-corrected chi connectivity index (χ3v) is 9.08. The van der Waals surface area contributed by atoms with Crippen LogP contribution in [-0.2, 0) is 14.2 Å². The minimum absolute atomic E-state index is 0.223. The molecule has 0 spiro atoms. The number of hydrogen-bond donors (Lipinski definition) is 8. The van der Waals surface area contributed by atoms with E-state index in [4.69, 9.17) is 14.2 Å². The summed E-state index contributed by atoms with van der Waals surface area (Å²) in [6.07, 6.45) is -7.26. The van der Waals surface area contributed by atoms with Gasteiger partial charge in [0.05, 0.1) is 13.2 Å². The molecule has 11 heteroatoms. The van der Waals surface area contributed by atoms with Gasteiger partial charge in [-0.25, -0.2) is 0 Å². The fourth-order valence-corrected chi connectivity index (χ4v) is 8.62.